The number of aliphatic hydroxyl groups excluding tert-OH is 2. The number of amides is 1. The highest BCUT2D eigenvalue weighted by molar-refractivity contribution is 7.90. The van der Waals surface area contributed by atoms with E-state index < -0.39 is 16.1 Å². The van der Waals surface area contributed by atoms with Crippen molar-refractivity contribution in [1.29, 1.82) is 0 Å². The molecule has 4 fully saturated rings. The SMILES string of the molecule is CC[C@H]1[C@@H](O)[C@@H]2[C@H](CC[C@]3(C)[C@@H]([C@H](C)COC(=O)NS(=O)(=O)c4ccc(-n5ccnc5)nc4)CC[C@@H]23)[C@@]2(C)CC[C@@H](O)C[C@@H]12. The number of sulfonamides is 1. The standard InChI is InChI=1S/C33H48N4O6S/c1-5-23-27-16-21(38)10-12-33(27,4)26-11-13-32(3)24(7-8-25(32)29(26)30(23)39)20(2)18-43-31(40)36-44(41,42)22-6-9-28(35-17-22)37-15-14-34-19-37/h6,9,14-15,17,19-21,23-27,29-30,38-39H,5,7-8,10-13,16,18H2,1-4H3,(H,36,40)/t20-,21-,23-,24-,25+,26+,27+,29+,30-,32-,33-/m1/s1. The normalized spacial score (nSPS) is 39.0. The third kappa shape index (κ3) is 5.26. The van der Waals surface area contributed by atoms with Crippen molar-refractivity contribution >= 4 is 16.1 Å². The lowest BCUT2D eigenvalue weighted by Gasteiger charge is -2.64. The topological polar surface area (TPSA) is 144 Å². The zero-order chi connectivity index (χ0) is 31.4. The van der Waals surface area contributed by atoms with Crippen LogP contribution in [0.1, 0.15) is 79.1 Å². The van der Waals surface area contributed by atoms with Gasteiger partial charge in [0, 0.05) is 18.6 Å². The fraction of sp³-hybridized carbons (Fsp3) is 0.727. The predicted molar refractivity (Wildman–Crippen MR) is 164 cm³/mol. The van der Waals surface area contributed by atoms with Crippen LogP contribution in [0.25, 0.3) is 5.82 Å². The van der Waals surface area contributed by atoms with Crippen LogP contribution in [0, 0.1) is 52.3 Å². The first-order chi connectivity index (χ1) is 20.9. The summed E-state index contributed by atoms with van der Waals surface area (Å²) in [6.07, 6.45) is 12.3. The summed E-state index contributed by atoms with van der Waals surface area (Å²) in [6, 6.07) is 2.93. The third-order valence-corrected chi connectivity index (χ3v) is 13.9. The molecule has 6 rings (SSSR count). The second kappa shape index (κ2) is 11.7. The van der Waals surface area contributed by atoms with Crippen molar-refractivity contribution < 1.29 is 28.2 Å². The van der Waals surface area contributed by atoms with Crippen molar-refractivity contribution in [2.45, 2.75) is 96.2 Å². The number of nitrogens with zero attached hydrogens (tertiary/aromatic N) is 3. The Labute approximate surface area is 261 Å². The molecule has 4 aliphatic carbocycles. The lowest BCUT2D eigenvalue weighted by molar-refractivity contribution is -0.203. The maximum absolute atomic E-state index is 12.8. The summed E-state index contributed by atoms with van der Waals surface area (Å²) in [7, 11) is -4.14. The van der Waals surface area contributed by atoms with Gasteiger partial charge in [-0.15, -0.1) is 0 Å². The van der Waals surface area contributed by atoms with E-state index in [9.17, 15) is 23.4 Å². The van der Waals surface area contributed by atoms with Crippen molar-refractivity contribution in [2.75, 3.05) is 6.61 Å². The fourth-order valence-electron chi connectivity index (χ4n) is 10.5. The average molecular weight is 629 g/mol. The van der Waals surface area contributed by atoms with E-state index in [-0.39, 0.29) is 52.3 Å². The van der Waals surface area contributed by atoms with Crippen LogP contribution in [-0.4, -0.2) is 58.1 Å². The summed E-state index contributed by atoms with van der Waals surface area (Å²) in [5, 5.41) is 22.4. The quantitative estimate of drug-likeness (QED) is 0.391. The summed E-state index contributed by atoms with van der Waals surface area (Å²) in [5.74, 6) is 2.53. The van der Waals surface area contributed by atoms with E-state index in [1.165, 1.54) is 12.3 Å². The minimum absolute atomic E-state index is 0.0196. The Morgan fingerprint density at radius 1 is 1.11 bits per heavy atom. The second-order valence-electron chi connectivity index (χ2n) is 14.6. The van der Waals surface area contributed by atoms with Gasteiger partial charge in [-0.25, -0.2) is 27.9 Å². The molecule has 0 unspecified atom stereocenters. The number of aliphatic hydroxyl groups is 2. The second-order valence-corrected chi connectivity index (χ2v) is 16.3. The number of nitrogens with one attached hydrogen (secondary N) is 1. The number of pyridine rings is 1. The first-order valence-corrected chi connectivity index (χ1v) is 17.9. The molecule has 4 aliphatic rings. The van der Waals surface area contributed by atoms with Gasteiger partial charge in [-0.05, 0) is 109 Å². The Morgan fingerprint density at radius 2 is 1.86 bits per heavy atom. The van der Waals surface area contributed by atoms with Crippen molar-refractivity contribution in [2.24, 2.45) is 52.3 Å². The molecule has 11 heteroatoms. The van der Waals surface area contributed by atoms with Gasteiger partial charge < -0.3 is 14.9 Å². The summed E-state index contributed by atoms with van der Waals surface area (Å²) < 4.78 is 34.8. The van der Waals surface area contributed by atoms with Gasteiger partial charge in [-0.2, -0.15) is 0 Å². The molecule has 0 aromatic carbocycles. The van der Waals surface area contributed by atoms with Crippen LogP contribution in [0.2, 0.25) is 0 Å². The number of aromatic nitrogens is 3. The van der Waals surface area contributed by atoms with Crippen LogP contribution in [-0.2, 0) is 14.8 Å². The van der Waals surface area contributed by atoms with Crippen molar-refractivity contribution in [3.05, 3.63) is 37.1 Å². The molecule has 0 spiro atoms. The van der Waals surface area contributed by atoms with Crippen molar-refractivity contribution in [1.82, 2.24) is 19.3 Å². The lowest BCUT2D eigenvalue weighted by atomic mass is 9.41. The Kier molecular flexibility index (Phi) is 8.37. The Bertz CT molecular complexity index is 1430. The van der Waals surface area contributed by atoms with Gasteiger partial charge in [0.2, 0.25) is 0 Å². The molecule has 3 N–H and O–H groups in total. The van der Waals surface area contributed by atoms with Crippen LogP contribution in [0.3, 0.4) is 0 Å². The van der Waals surface area contributed by atoms with Gasteiger partial charge >= 0.3 is 6.09 Å². The molecule has 1 amide bonds. The van der Waals surface area contributed by atoms with Gasteiger partial charge in [0.05, 0.1) is 18.8 Å². The predicted octanol–water partition coefficient (Wildman–Crippen LogP) is 4.95. The van der Waals surface area contributed by atoms with E-state index in [0.717, 1.165) is 51.4 Å². The molecule has 10 nitrogen and oxygen atoms in total. The van der Waals surface area contributed by atoms with E-state index in [1.807, 2.05) is 4.72 Å². The molecule has 11 atom stereocenters. The minimum atomic E-state index is -4.14. The van der Waals surface area contributed by atoms with E-state index in [2.05, 4.69) is 37.7 Å². The molecule has 44 heavy (non-hydrogen) atoms. The average Bonchev–Trinajstić information content (AvgIpc) is 3.65. The number of carbonyl (C=O) groups is 1. The molecular weight excluding hydrogens is 580 g/mol. The van der Waals surface area contributed by atoms with Crippen LogP contribution in [0.4, 0.5) is 4.79 Å². The molecule has 242 valence electrons. The highest BCUT2D eigenvalue weighted by Gasteiger charge is 2.64. The van der Waals surface area contributed by atoms with Crippen LogP contribution < -0.4 is 4.72 Å². The number of carbonyl (C=O) groups excluding carboxylic acids is 1. The van der Waals surface area contributed by atoms with Crippen molar-refractivity contribution in [3.8, 4) is 5.82 Å². The fourth-order valence-corrected chi connectivity index (χ4v) is 11.4. The highest BCUT2D eigenvalue weighted by Crippen LogP contribution is 2.69. The molecule has 0 saturated heterocycles. The number of ether oxygens (including phenoxy) is 1. The Balaban J connectivity index is 1.10. The number of hydrogen-bond donors (Lipinski definition) is 3. The van der Waals surface area contributed by atoms with E-state index in [0.29, 0.717) is 29.5 Å². The largest absolute Gasteiger partial charge is 0.449 e. The molecule has 0 radical (unpaired) electrons. The monoisotopic (exact) mass is 628 g/mol. The molecule has 4 saturated carbocycles. The van der Waals surface area contributed by atoms with Gasteiger partial charge in [0.25, 0.3) is 10.0 Å². The molecule has 2 heterocycles. The molecular formula is C33H48N4O6S. The van der Waals surface area contributed by atoms with Crippen LogP contribution in [0.15, 0.2) is 41.9 Å². The van der Waals surface area contributed by atoms with Gasteiger partial charge in [0.1, 0.15) is 17.0 Å². The maximum Gasteiger partial charge on any atom is 0.421 e. The van der Waals surface area contributed by atoms with Crippen molar-refractivity contribution in [3.63, 3.8) is 0 Å². The van der Waals surface area contributed by atoms with E-state index in [1.54, 1.807) is 29.4 Å². The summed E-state index contributed by atoms with van der Waals surface area (Å²) in [4.78, 5) is 20.7. The van der Waals surface area contributed by atoms with Gasteiger partial charge in [-0.3, -0.25) is 4.57 Å². The number of hydrogen-bond acceptors (Lipinski definition) is 8. The zero-order valence-electron chi connectivity index (χ0n) is 26.3. The third-order valence-electron chi connectivity index (χ3n) is 12.6. The number of rotatable bonds is 7. The summed E-state index contributed by atoms with van der Waals surface area (Å²) in [6.45, 7) is 9.22. The van der Waals surface area contributed by atoms with Crippen LogP contribution in [0.5, 0.6) is 0 Å². The van der Waals surface area contributed by atoms with E-state index >= 15 is 0 Å². The lowest BCUT2D eigenvalue weighted by Crippen LogP contribution is -2.62. The molecule has 0 bridgehead atoms. The summed E-state index contributed by atoms with van der Waals surface area (Å²) in [5.41, 5.74) is 0.169. The maximum atomic E-state index is 12.8. The number of fused-ring (bicyclic) bond motifs is 5. The first-order valence-electron chi connectivity index (χ1n) is 16.4. The Morgan fingerprint density at radius 3 is 2.55 bits per heavy atom. The molecule has 2 aromatic heterocycles. The highest BCUT2D eigenvalue weighted by atomic mass is 32.2. The molecule has 2 aromatic rings. The molecule has 0 aliphatic heterocycles. The minimum Gasteiger partial charge on any atom is -0.449 e. The zero-order valence-corrected chi connectivity index (χ0v) is 27.1. The summed E-state index contributed by atoms with van der Waals surface area (Å²) >= 11 is 0. The number of imidazole rings is 1. The smallest absolute Gasteiger partial charge is 0.421 e. The van der Waals surface area contributed by atoms with Crippen LogP contribution >= 0.6 is 0 Å². The first kappa shape index (κ1) is 31.5. The van der Waals surface area contributed by atoms with E-state index in [4.69, 9.17) is 4.74 Å². The van der Waals surface area contributed by atoms with Gasteiger partial charge in [0.15, 0.2) is 0 Å². The van der Waals surface area contributed by atoms with Gasteiger partial charge in [-0.1, -0.05) is 34.1 Å². The Hall–Kier alpha value is -2.50.